The van der Waals surface area contributed by atoms with Crippen molar-refractivity contribution in [2.75, 3.05) is 6.54 Å². The van der Waals surface area contributed by atoms with E-state index in [1.54, 1.807) is 6.08 Å². The van der Waals surface area contributed by atoms with Crippen LogP contribution in [0.4, 0.5) is 0 Å². The fraction of sp³-hybridized carbons (Fsp3) is 0.455. The number of ketones is 1. The number of aliphatic hydroxyl groups excluding tert-OH is 1. The van der Waals surface area contributed by atoms with Gasteiger partial charge in [-0.3, -0.25) is 9.59 Å². The first kappa shape index (κ1) is 18.6. The summed E-state index contributed by atoms with van der Waals surface area (Å²) in [5.74, 6) is 0.269. The van der Waals surface area contributed by atoms with Crippen LogP contribution in [0.15, 0.2) is 60.8 Å². The maximum absolute atomic E-state index is 12.2. The molecular weight excluding hydrogens is 326 g/mol. The highest BCUT2D eigenvalue weighted by atomic mass is 16.3. The molecule has 4 heteroatoms. The van der Waals surface area contributed by atoms with Crippen molar-refractivity contribution in [3.63, 3.8) is 0 Å². The molecule has 3 aliphatic rings. The van der Waals surface area contributed by atoms with E-state index in [1.165, 1.54) is 0 Å². The van der Waals surface area contributed by atoms with Crippen LogP contribution in [0.25, 0.3) is 0 Å². The topological polar surface area (TPSA) is 66.4 Å². The maximum atomic E-state index is 12.2. The zero-order valence-electron chi connectivity index (χ0n) is 15.1. The Morgan fingerprint density at radius 1 is 0.962 bits per heavy atom. The minimum absolute atomic E-state index is 0.0761. The molecule has 4 nitrogen and oxygen atoms in total. The van der Waals surface area contributed by atoms with E-state index in [9.17, 15) is 14.7 Å². The number of allylic oxidation sites excluding steroid dienone is 7. The van der Waals surface area contributed by atoms with Gasteiger partial charge in [0.05, 0.1) is 12.5 Å². The number of hydrogen-bond acceptors (Lipinski definition) is 3. The molecule has 0 radical (unpaired) electrons. The van der Waals surface area contributed by atoms with Gasteiger partial charge >= 0.3 is 0 Å². The number of hydrogen-bond donors (Lipinski definition) is 2. The molecule has 2 aliphatic carbocycles. The fourth-order valence-corrected chi connectivity index (χ4v) is 3.94. The molecule has 1 aliphatic heterocycles. The van der Waals surface area contributed by atoms with Gasteiger partial charge in [-0.2, -0.15) is 0 Å². The second kappa shape index (κ2) is 8.45. The zero-order valence-corrected chi connectivity index (χ0v) is 15.1. The van der Waals surface area contributed by atoms with Crippen LogP contribution >= 0.6 is 0 Å². The molecule has 138 valence electrons. The minimum Gasteiger partial charge on any atom is -0.392 e. The van der Waals surface area contributed by atoms with Crippen molar-refractivity contribution in [3.8, 4) is 0 Å². The molecule has 26 heavy (non-hydrogen) atoms. The Bertz CT molecular complexity index is 686. The number of nitrogens with one attached hydrogen (secondary N) is 1. The van der Waals surface area contributed by atoms with Crippen molar-refractivity contribution in [3.05, 3.63) is 60.8 Å². The van der Waals surface area contributed by atoms with Gasteiger partial charge in [-0.05, 0) is 30.3 Å². The van der Waals surface area contributed by atoms with Crippen molar-refractivity contribution in [1.82, 2.24) is 5.32 Å². The minimum atomic E-state index is -0.380. The summed E-state index contributed by atoms with van der Waals surface area (Å²) < 4.78 is 0. The number of fused-ring (bicyclic) bond motifs is 3. The van der Waals surface area contributed by atoms with Gasteiger partial charge in [0.25, 0.3) is 0 Å². The lowest BCUT2D eigenvalue weighted by atomic mass is 9.66. The number of carbonyl (C=O) groups excluding carboxylic acids is 2. The van der Waals surface area contributed by atoms with E-state index < -0.39 is 0 Å². The van der Waals surface area contributed by atoms with Crippen molar-refractivity contribution in [2.24, 2.45) is 29.6 Å². The molecule has 2 N–H and O–H groups in total. The third kappa shape index (κ3) is 4.50. The van der Waals surface area contributed by atoms with Crippen LogP contribution in [-0.2, 0) is 9.59 Å². The molecule has 6 atom stereocenters. The van der Waals surface area contributed by atoms with E-state index in [-0.39, 0.29) is 53.8 Å². The molecule has 1 amide bonds. The highest BCUT2D eigenvalue weighted by Gasteiger charge is 2.37. The van der Waals surface area contributed by atoms with Gasteiger partial charge in [-0.1, -0.05) is 61.6 Å². The molecule has 0 bridgehead atoms. The summed E-state index contributed by atoms with van der Waals surface area (Å²) in [7, 11) is 0. The van der Waals surface area contributed by atoms with Gasteiger partial charge in [-0.25, -0.2) is 0 Å². The summed E-state index contributed by atoms with van der Waals surface area (Å²) in [6.07, 6.45) is 20.3. The van der Waals surface area contributed by atoms with E-state index in [2.05, 4.69) is 35.7 Å². The number of aliphatic hydroxyl groups is 1. The Hall–Kier alpha value is -2.20. The molecule has 1 heterocycles. The first-order valence-electron chi connectivity index (χ1n) is 9.40. The van der Waals surface area contributed by atoms with Gasteiger partial charge in [0, 0.05) is 18.4 Å². The molecule has 0 fully saturated rings. The highest BCUT2D eigenvalue weighted by Crippen LogP contribution is 2.41. The summed E-state index contributed by atoms with van der Waals surface area (Å²) in [6.45, 7) is 2.55. The van der Waals surface area contributed by atoms with Crippen LogP contribution in [0.2, 0.25) is 0 Å². The van der Waals surface area contributed by atoms with Crippen LogP contribution in [0.3, 0.4) is 0 Å². The Balaban J connectivity index is 1.90. The molecule has 0 aromatic heterocycles. The van der Waals surface area contributed by atoms with E-state index >= 15 is 0 Å². The molecule has 0 aromatic carbocycles. The lowest BCUT2D eigenvalue weighted by Crippen LogP contribution is -2.37. The summed E-state index contributed by atoms with van der Waals surface area (Å²) in [5.41, 5.74) is 0. The zero-order chi connectivity index (χ0) is 18.5. The average Bonchev–Trinajstić information content (AvgIpc) is 2.62. The molecule has 0 aromatic rings. The van der Waals surface area contributed by atoms with Gasteiger partial charge in [0.1, 0.15) is 0 Å². The monoisotopic (exact) mass is 353 g/mol. The standard InChI is InChI=1S/C22H27NO3/c1-15-5-2-3-6-16-9-11-20-19(7-4-8-21(20)25)18(16)12-10-17(24)13-22(26)23-14-15/h2-7,9-12,15-16,18-21,25H,8,13-14H2,1H3,(H,23,26)/b5-2+,6-3+,12-10+/t15-,16-,18+,19-,20+,21+/m1/s1. The molecular formula is C22H27NO3. The molecule has 3 rings (SSSR count). The van der Waals surface area contributed by atoms with E-state index in [4.69, 9.17) is 0 Å². The summed E-state index contributed by atoms with van der Waals surface area (Å²) in [4.78, 5) is 24.1. The van der Waals surface area contributed by atoms with Crippen molar-refractivity contribution in [1.29, 1.82) is 0 Å². The molecule has 0 spiro atoms. The third-order valence-corrected chi connectivity index (χ3v) is 5.41. The van der Waals surface area contributed by atoms with Gasteiger partial charge in [-0.15, -0.1) is 0 Å². The van der Waals surface area contributed by atoms with Crippen LogP contribution in [0.1, 0.15) is 19.8 Å². The molecule has 0 unspecified atom stereocenters. The summed E-state index contributed by atoms with van der Waals surface area (Å²) in [6, 6.07) is 0. The van der Waals surface area contributed by atoms with E-state index in [1.807, 2.05) is 31.2 Å². The van der Waals surface area contributed by atoms with Crippen LogP contribution in [0.5, 0.6) is 0 Å². The van der Waals surface area contributed by atoms with Crippen molar-refractivity contribution < 1.29 is 14.7 Å². The largest absolute Gasteiger partial charge is 0.392 e. The van der Waals surface area contributed by atoms with Gasteiger partial charge in [0.15, 0.2) is 5.78 Å². The summed E-state index contributed by atoms with van der Waals surface area (Å²) >= 11 is 0. The highest BCUT2D eigenvalue weighted by molar-refractivity contribution is 6.03. The Morgan fingerprint density at radius 2 is 1.77 bits per heavy atom. The maximum Gasteiger partial charge on any atom is 0.227 e. The van der Waals surface area contributed by atoms with Crippen LogP contribution < -0.4 is 5.32 Å². The predicted molar refractivity (Wildman–Crippen MR) is 102 cm³/mol. The second-order valence-electron chi connectivity index (χ2n) is 7.48. The second-order valence-corrected chi connectivity index (χ2v) is 7.48. The smallest absolute Gasteiger partial charge is 0.227 e. The van der Waals surface area contributed by atoms with Crippen molar-refractivity contribution in [2.45, 2.75) is 25.9 Å². The lowest BCUT2D eigenvalue weighted by Gasteiger charge is -2.40. The number of amides is 1. The van der Waals surface area contributed by atoms with Crippen LogP contribution in [0, 0.1) is 29.6 Å². The number of rotatable bonds is 0. The normalized spacial score (nSPS) is 41.3. The van der Waals surface area contributed by atoms with E-state index in [0.717, 1.165) is 0 Å². The first-order chi connectivity index (χ1) is 12.5. The summed E-state index contributed by atoms with van der Waals surface area (Å²) in [5, 5.41) is 13.1. The Kier molecular flexibility index (Phi) is 6.04. The number of carbonyl (C=O) groups is 2. The molecule has 0 saturated carbocycles. The predicted octanol–water partition coefficient (Wildman–Crippen LogP) is 2.74. The Morgan fingerprint density at radius 3 is 2.62 bits per heavy atom. The average molecular weight is 353 g/mol. The first-order valence-corrected chi connectivity index (χ1v) is 9.40. The quantitative estimate of drug-likeness (QED) is 0.520. The van der Waals surface area contributed by atoms with Crippen molar-refractivity contribution >= 4 is 11.7 Å². The lowest BCUT2D eigenvalue weighted by molar-refractivity contribution is -0.126. The van der Waals surface area contributed by atoms with Gasteiger partial charge in [0.2, 0.25) is 5.91 Å². The fourth-order valence-electron chi connectivity index (χ4n) is 3.94. The van der Waals surface area contributed by atoms with Crippen LogP contribution in [-0.4, -0.2) is 29.4 Å². The van der Waals surface area contributed by atoms with E-state index in [0.29, 0.717) is 13.0 Å². The Labute approximate surface area is 155 Å². The molecule has 0 saturated heterocycles. The van der Waals surface area contributed by atoms with Gasteiger partial charge < -0.3 is 10.4 Å². The third-order valence-electron chi connectivity index (χ3n) is 5.41. The SMILES string of the molecule is C[C@@H]1/C=C/C=C/[C@@H]2C=C[C@H]3[C@H](C=CC[C@@H]3O)[C@H]2/C=C/C(=O)CC(=O)NC1.